The van der Waals surface area contributed by atoms with Crippen LogP contribution < -0.4 is 5.32 Å². The van der Waals surface area contributed by atoms with Crippen molar-refractivity contribution in [3.63, 3.8) is 0 Å². The van der Waals surface area contributed by atoms with Gasteiger partial charge in [0.15, 0.2) is 5.82 Å². The molecule has 4 rings (SSSR count). The van der Waals surface area contributed by atoms with E-state index in [0.717, 1.165) is 44.6 Å². The van der Waals surface area contributed by atoms with Gasteiger partial charge in [0.1, 0.15) is 11.6 Å². The predicted molar refractivity (Wildman–Crippen MR) is 95.3 cm³/mol. The Bertz CT molecular complexity index is 799. The van der Waals surface area contributed by atoms with Crippen LogP contribution in [0, 0.1) is 12.7 Å². The number of fused-ring (bicyclic) bond motifs is 1. The van der Waals surface area contributed by atoms with Gasteiger partial charge in [-0.05, 0) is 43.0 Å². The van der Waals surface area contributed by atoms with E-state index in [4.69, 9.17) is 4.52 Å². The molecule has 1 N–H and O–H groups in total. The van der Waals surface area contributed by atoms with Crippen LogP contribution in [0.15, 0.2) is 28.8 Å². The molecule has 7 heteroatoms. The van der Waals surface area contributed by atoms with E-state index in [1.54, 1.807) is 25.1 Å². The number of piperazine rings is 1. The molecule has 6 nitrogen and oxygen atoms in total. The molecule has 1 aliphatic carbocycles. The lowest BCUT2D eigenvalue weighted by molar-refractivity contribution is -0.117. The predicted octanol–water partition coefficient (Wildman–Crippen LogP) is 2.37. The van der Waals surface area contributed by atoms with Gasteiger partial charge in [0.25, 0.3) is 0 Å². The zero-order valence-electron chi connectivity index (χ0n) is 14.9. The SMILES string of the molecule is Cc1cc(NC(=O)CN2CCN(C3CCc4ccc(F)cc43)CC2)no1. The molecule has 0 saturated carbocycles. The standard InChI is InChI=1S/C19H23FN4O2/c1-13-10-18(22-26-13)21-19(25)12-23-6-8-24(9-7-23)17-5-3-14-2-4-15(20)11-16(14)17/h2,4,10-11,17H,3,5-9,12H2,1H3,(H,21,22,25). The first kappa shape index (κ1) is 17.2. The van der Waals surface area contributed by atoms with Crippen LogP contribution in [-0.4, -0.2) is 53.6 Å². The molecule has 26 heavy (non-hydrogen) atoms. The smallest absolute Gasteiger partial charge is 0.239 e. The Morgan fingerprint density at radius 2 is 2.12 bits per heavy atom. The van der Waals surface area contributed by atoms with Crippen LogP contribution in [0.25, 0.3) is 0 Å². The average Bonchev–Trinajstić information content (AvgIpc) is 3.21. The van der Waals surface area contributed by atoms with Crippen LogP contribution in [0.5, 0.6) is 0 Å². The summed E-state index contributed by atoms with van der Waals surface area (Å²) < 4.78 is 18.6. The number of rotatable bonds is 4. The lowest BCUT2D eigenvalue weighted by atomic mass is 10.1. The largest absolute Gasteiger partial charge is 0.360 e. The van der Waals surface area contributed by atoms with E-state index in [0.29, 0.717) is 24.2 Å². The monoisotopic (exact) mass is 358 g/mol. The van der Waals surface area contributed by atoms with Crippen molar-refractivity contribution in [3.8, 4) is 0 Å². The average molecular weight is 358 g/mol. The highest BCUT2D eigenvalue weighted by Crippen LogP contribution is 2.36. The summed E-state index contributed by atoms with van der Waals surface area (Å²) in [6.07, 6.45) is 2.06. The van der Waals surface area contributed by atoms with Crippen molar-refractivity contribution in [2.75, 3.05) is 38.0 Å². The minimum atomic E-state index is -0.158. The summed E-state index contributed by atoms with van der Waals surface area (Å²) in [7, 11) is 0. The maximum Gasteiger partial charge on any atom is 0.239 e. The molecule has 1 unspecified atom stereocenters. The summed E-state index contributed by atoms with van der Waals surface area (Å²) in [6, 6.07) is 7.15. The van der Waals surface area contributed by atoms with Gasteiger partial charge in [-0.1, -0.05) is 11.2 Å². The molecule has 1 aliphatic heterocycles. The Morgan fingerprint density at radius 3 is 2.85 bits per heavy atom. The van der Waals surface area contributed by atoms with Crippen molar-refractivity contribution in [2.24, 2.45) is 0 Å². The molecule has 2 aliphatic rings. The maximum atomic E-state index is 13.6. The number of amides is 1. The number of hydrogen-bond acceptors (Lipinski definition) is 5. The summed E-state index contributed by atoms with van der Waals surface area (Å²) in [5, 5.41) is 6.53. The van der Waals surface area contributed by atoms with E-state index < -0.39 is 0 Å². The van der Waals surface area contributed by atoms with Gasteiger partial charge in [0.2, 0.25) is 5.91 Å². The van der Waals surface area contributed by atoms with Gasteiger partial charge >= 0.3 is 0 Å². The minimum absolute atomic E-state index is 0.0833. The zero-order valence-corrected chi connectivity index (χ0v) is 14.9. The van der Waals surface area contributed by atoms with Gasteiger partial charge in [0.05, 0.1) is 6.54 Å². The van der Waals surface area contributed by atoms with Gasteiger partial charge < -0.3 is 9.84 Å². The van der Waals surface area contributed by atoms with Gasteiger partial charge in [-0.3, -0.25) is 14.6 Å². The third-order valence-electron chi connectivity index (χ3n) is 5.26. The zero-order chi connectivity index (χ0) is 18.1. The van der Waals surface area contributed by atoms with Crippen LogP contribution in [0.3, 0.4) is 0 Å². The van der Waals surface area contributed by atoms with Crippen molar-refractivity contribution in [1.82, 2.24) is 15.0 Å². The summed E-state index contributed by atoms with van der Waals surface area (Å²) >= 11 is 0. The number of benzene rings is 1. The molecule has 2 aromatic rings. The van der Waals surface area contributed by atoms with E-state index >= 15 is 0 Å². The van der Waals surface area contributed by atoms with Crippen LogP contribution >= 0.6 is 0 Å². The summed E-state index contributed by atoms with van der Waals surface area (Å²) in [5.74, 6) is 0.881. The highest BCUT2D eigenvalue weighted by atomic mass is 19.1. The number of hydrogen-bond donors (Lipinski definition) is 1. The molecule has 1 amide bonds. The quantitative estimate of drug-likeness (QED) is 0.909. The molecule has 0 radical (unpaired) electrons. The van der Waals surface area contributed by atoms with Crippen molar-refractivity contribution in [3.05, 3.63) is 47.0 Å². The highest BCUT2D eigenvalue weighted by molar-refractivity contribution is 5.91. The molecule has 2 heterocycles. The lowest BCUT2D eigenvalue weighted by Gasteiger charge is -2.38. The third kappa shape index (κ3) is 3.64. The molecule has 1 aromatic heterocycles. The fourth-order valence-electron chi connectivity index (χ4n) is 3.97. The molecule has 1 aromatic carbocycles. The number of aryl methyl sites for hydroxylation is 2. The normalized spacial score (nSPS) is 20.9. The van der Waals surface area contributed by atoms with E-state index in [1.165, 1.54) is 5.56 Å². The number of aromatic nitrogens is 1. The maximum absolute atomic E-state index is 13.6. The fourth-order valence-corrected chi connectivity index (χ4v) is 3.97. The van der Waals surface area contributed by atoms with Crippen molar-refractivity contribution in [2.45, 2.75) is 25.8 Å². The van der Waals surface area contributed by atoms with Gasteiger partial charge in [0, 0.05) is 38.3 Å². The number of nitrogens with one attached hydrogen (secondary N) is 1. The second-order valence-corrected chi connectivity index (χ2v) is 7.08. The van der Waals surface area contributed by atoms with Crippen molar-refractivity contribution in [1.29, 1.82) is 0 Å². The first-order chi connectivity index (χ1) is 12.6. The van der Waals surface area contributed by atoms with E-state index in [2.05, 4.69) is 20.3 Å². The molecule has 0 spiro atoms. The minimum Gasteiger partial charge on any atom is -0.360 e. The van der Waals surface area contributed by atoms with Crippen LogP contribution in [0.4, 0.5) is 10.2 Å². The third-order valence-corrected chi connectivity index (χ3v) is 5.26. The van der Waals surface area contributed by atoms with E-state index in [9.17, 15) is 9.18 Å². The summed E-state index contributed by atoms with van der Waals surface area (Å²) in [6.45, 7) is 5.55. The lowest BCUT2D eigenvalue weighted by Crippen LogP contribution is -2.49. The Labute approximate surface area is 151 Å². The number of halogens is 1. The number of nitrogens with zero attached hydrogens (tertiary/aromatic N) is 3. The number of carbonyl (C=O) groups is 1. The van der Waals surface area contributed by atoms with E-state index in [1.807, 2.05) is 6.07 Å². The molecule has 0 bridgehead atoms. The van der Waals surface area contributed by atoms with Gasteiger partial charge in [-0.15, -0.1) is 0 Å². The summed E-state index contributed by atoms with van der Waals surface area (Å²) in [4.78, 5) is 16.7. The second kappa shape index (κ2) is 7.17. The van der Waals surface area contributed by atoms with Gasteiger partial charge in [-0.2, -0.15) is 0 Å². The first-order valence-corrected chi connectivity index (χ1v) is 9.06. The molecule has 1 atom stereocenters. The number of anilines is 1. The van der Waals surface area contributed by atoms with Crippen LogP contribution in [0.1, 0.15) is 29.3 Å². The number of carbonyl (C=O) groups excluding carboxylic acids is 1. The second-order valence-electron chi connectivity index (χ2n) is 7.08. The molecular weight excluding hydrogens is 335 g/mol. The molecule has 138 valence electrons. The Morgan fingerprint density at radius 1 is 1.31 bits per heavy atom. The first-order valence-electron chi connectivity index (χ1n) is 9.06. The highest BCUT2D eigenvalue weighted by Gasteiger charge is 2.30. The fraction of sp³-hybridized carbons (Fsp3) is 0.474. The van der Waals surface area contributed by atoms with Gasteiger partial charge in [-0.25, -0.2) is 4.39 Å². The molecule has 1 fully saturated rings. The Hall–Kier alpha value is -2.25. The van der Waals surface area contributed by atoms with Crippen molar-refractivity contribution < 1.29 is 13.7 Å². The summed E-state index contributed by atoms with van der Waals surface area (Å²) in [5.41, 5.74) is 2.40. The molecular formula is C19H23FN4O2. The van der Waals surface area contributed by atoms with E-state index in [-0.39, 0.29) is 11.7 Å². The van der Waals surface area contributed by atoms with Crippen LogP contribution in [0.2, 0.25) is 0 Å². The molecule has 1 saturated heterocycles. The topological polar surface area (TPSA) is 61.6 Å². The van der Waals surface area contributed by atoms with Crippen LogP contribution in [-0.2, 0) is 11.2 Å². The van der Waals surface area contributed by atoms with Crippen molar-refractivity contribution >= 4 is 11.7 Å². The Balaban J connectivity index is 1.30. The Kier molecular flexibility index (Phi) is 4.74.